The van der Waals surface area contributed by atoms with Gasteiger partial charge in [0.25, 0.3) is 11.6 Å². The molecule has 2 aliphatic rings. The van der Waals surface area contributed by atoms with E-state index in [4.69, 9.17) is 15.2 Å². The zero-order chi connectivity index (χ0) is 19.8. The van der Waals surface area contributed by atoms with Gasteiger partial charge in [-0.15, -0.1) is 23.1 Å². The van der Waals surface area contributed by atoms with Crippen molar-refractivity contribution in [1.29, 1.82) is 0 Å². The van der Waals surface area contributed by atoms with Crippen LogP contribution in [0.15, 0.2) is 16.7 Å². The van der Waals surface area contributed by atoms with Gasteiger partial charge in [-0.25, -0.2) is 9.78 Å². The van der Waals surface area contributed by atoms with Gasteiger partial charge in [-0.3, -0.25) is 14.5 Å². The number of thiazole rings is 1. The molecule has 0 unspecified atom stereocenters. The lowest BCUT2D eigenvalue weighted by molar-refractivity contribution is -0.192. The summed E-state index contributed by atoms with van der Waals surface area (Å²) in [6, 6.07) is 0. The first kappa shape index (κ1) is 19.6. The van der Waals surface area contributed by atoms with Crippen molar-refractivity contribution in [2.75, 3.05) is 32.3 Å². The van der Waals surface area contributed by atoms with Crippen molar-refractivity contribution < 1.29 is 29.0 Å². The molecule has 1 saturated heterocycles. The molecule has 3 rings (SSSR count). The van der Waals surface area contributed by atoms with Crippen molar-refractivity contribution in [3.8, 4) is 0 Å². The van der Waals surface area contributed by atoms with Crippen molar-refractivity contribution >= 4 is 46.0 Å². The first-order chi connectivity index (χ1) is 12.8. The summed E-state index contributed by atoms with van der Waals surface area (Å²) in [6.07, 6.45) is -0.0694. The van der Waals surface area contributed by atoms with Crippen LogP contribution in [-0.4, -0.2) is 70.5 Å². The van der Waals surface area contributed by atoms with Crippen molar-refractivity contribution in [2.24, 2.45) is 0 Å². The SMILES string of the molecule is COCC1=C(C(=O)O)N2C(=O)[C@](NC(=O)Cc3csc(N)n3)(OC)[C@@H]2SC1. The number of carboxylic acid groups (broad SMARTS) is 1. The van der Waals surface area contributed by atoms with Gasteiger partial charge in [-0.1, -0.05) is 0 Å². The maximum absolute atomic E-state index is 12.8. The van der Waals surface area contributed by atoms with Gasteiger partial charge in [-0.2, -0.15) is 0 Å². The van der Waals surface area contributed by atoms with Crippen molar-refractivity contribution in [3.05, 3.63) is 22.3 Å². The molecule has 0 radical (unpaired) electrons. The molecular formula is C15H18N4O6S2. The number of carbonyl (C=O) groups excluding carboxylic acids is 2. The van der Waals surface area contributed by atoms with Crippen LogP contribution in [0.4, 0.5) is 5.13 Å². The van der Waals surface area contributed by atoms with E-state index in [0.29, 0.717) is 22.2 Å². The Morgan fingerprint density at radius 2 is 2.26 bits per heavy atom. The van der Waals surface area contributed by atoms with Crippen LogP contribution in [0, 0.1) is 0 Å². The number of hydrogen-bond acceptors (Lipinski definition) is 9. The van der Waals surface area contributed by atoms with Gasteiger partial charge < -0.3 is 25.6 Å². The van der Waals surface area contributed by atoms with Gasteiger partial charge >= 0.3 is 5.97 Å². The molecular weight excluding hydrogens is 396 g/mol. The van der Waals surface area contributed by atoms with Crippen LogP contribution < -0.4 is 11.1 Å². The van der Waals surface area contributed by atoms with Gasteiger partial charge in [0.2, 0.25) is 5.91 Å². The van der Waals surface area contributed by atoms with Gasteiger partial charge in [-0.05, 0) is 5.57 Å². The molecule has 1 aromatic rings. The number of hydrogen-bond donors (Lipinski definition) is 3. The van der Waals surface area contributed by atoms with E-state index in [1.165, 1.54) is 37.3 Å². The molecule has 10 nitrogen and oxygen atoms in total. The molecule has 0 bridgehead atoms. The Bertz CT molecular complexity index is 825. The number of nitrogens with zero attached hydrogens (tertiary/aromatic N) is 2. The molecule has 2 aliphatic heterocycles. The Morgan fingerprint density at radius 3 is 2.81 bits per heavy atom. The average Bonchev–Trinajstić information content (AvgIpc) is 3.03. The number of methoxy groups -OCH3 is 2. The molecule has 1 aromatic heterocycles. The number of aliphatic carboxylic acids is 1. The van der Waals surface area contributed by atoms with Crippen molar-refractivity contribution in [2.45, 2.75) is 17.5 Å². The molecule has 0 spiro atoms. The summed E-state index contributed by atoms with van der Waals surface area (Å²) < 4.78 is 10.4. The van der Waals surface area contributed by atoms with Gasteiger partial charge in [0.05, 0.1) is 18.7 Å². The normalized spacial score (nSPS) is 24.4. The van der Waals surface area contributed by atoms with Crippen LogP contribution in [0.25, 0.3) is 0 Å². The number of anilines is 1. The summed E-state index contributed by atoms with van der Waals surface area (Å²) in [7, 11) is 2.75. The van der Waals surface area contributed by atoms with E-state index in [2.05, 4.69) is 10.3 Å². The number of ether oxygens (including phenoxy) is 2. The third kappa shape index (κ3) is 3.29. The fourth-order valence-corrected chi connectivity index (χ4v) is 5.03. The monoisotopic (exact) mass is 414 g/mol. The zero-order valence-electron chi connectivity index (χ0n) is 14.6. The fourth-order valence-electron chi connectivity index (χ4n) is 3.05. The number of nitrogens with one attached hydrogen (secondary N) is 1. The van der Waals surface area contributed by atoms with E-state index >= 15 is 0 Å². The number of carbonyl (C=O) groups is 3. The average molecular weight is 414 g/mol. The Balaban J connectivity index is 1.81. The molecule has 27 heavy (non-hydrogen) atoms. The molecule has 2 amide bonds. The lowest BCUT2D eigenvalue weighted by Gasteiger charge is -2.55. The number of rotatable bonds is 7. The summed E-state index contributed by atoms with van der Waals surface area (Å²) in [5.74, 6) is -2.00. The van der Waals surface area contributed by atoms with E-state index in [0.717, 1.165) is 4.90 Å². The number of nitrogen functional groups attached to an aromatic ring is 1. The summed E-state index contributed by atoms with van der Waals surface area (Å²) in [6.45, 7) is 0.0999. The topological polar surface area (TPSA) is 144 Å². The van der Waals surface area contributed by atoms with E-state index in [9.17, 15) is 19.5 Å². The minimum atomic E-state index is -1.62. The van der Waals surface area contributed by atoms with Crippen LogP contribution >= 0.6 is 23.1 Å². The number of aromatic nitrogens is 1. The molecule has 1 fully saturated rings. The van der Waals surface area contributed by atoms with Crippen LogP contribution in [0.2, 0.25) is 0 Å². The second-order valence-corrected chi connectivity index (χ2v) is 7.83. The van der Waals surface area contributed by atoms with Gasteiger partial charge in [0.1, 0.15) is 11.1 Å². The Hall–Kier alpha value is -2.15. The van der Waals surface area contributed by atoms with E-state index in [1.54, 1.807) is 5.38 Å². The largest absolute Gasteiger partial charge is 0.477 e. The molecule has 3 heterocycles. The van der Waals surface area contributed by atoms with Gasteiger partial charge in [0.15, 0.2) is 5.13 Å². The molecule has 0 saturated carbocycles. The van der Waals surface area contributed by atoms with Crippen molar-refractivity contribution in [1.82, 2.24) is 15.2 Å². The third-order valence-electron chi connectivity index (χ3n) is 4.19. The molecule has 12 heteroatoms. The number of β-lactam (4-membered cyclic amide) rings is 1. The Labute approximate surface area is 162 Å². The predicted octanol–water partition coefficient (Wildman–Crippen LogP) is -0.373. The number of thioether (sulfide) groups is 1. The van der Waals surface area contributed by atoms with Gasteiger partial charge in [0, 0.05) is 25.4 Å². The van der Waals surface area contributed by atoms with Crippen LogP contribution in [-0.2, 0) is 30.3 Å². The Kier molecular flexibility index (Phi) is 5.42. The highest BCUT2D eigenvalue weighted by atomic mass is 32.2. The fraction of sp³-hybridized carbons (Fsp3) is 0.467. The summed E-state index contributed by atoms with van der Waals surface area (Å²) >= 11 is 2.51. The van der Waals surface area contributed by atoms with E-state index < -0.39 is 28.9 Å². The third-order valence-corrected chi connectivity index (χ3v) is 6.29. The highest BCUT2D eigenvalue weighted by Crippen LogP contribution is 2.46. The van der Waals surface area contributed by atoms with Crippen LogP contribution in [0.3, 0.4) is 0 Å². The van der Waals surface area contributed by atoms with E-state index in [1.807, 2.05) is 0 Å². The first-order valence-electron chi connectivity index (χ1n) is 7.79. The predicted molar refractivity (Wildman–Crippen MR) is 97.7 cm³/mol. The maximum atomic E-state index is 12.8. The quantitative estimate of drug-likeness (QED) is 0.402. The highest BCUT2D eigenvalue weighted by molar-refractivity contribution is 8.00. The van der Waals surface area contributed by atoms with Crippen LogP contribution in [0.1, 0.15) is 5.69 Å². The number of carboxylic acids is 1. The molecule has 2 atom stereocenters. The van der Waals surface area contributed by atoms with Crippen molar-refractivity contribution in [3.63, 3.8) is 0 Å². The maximum Gasteiger partial charge on any atom is 0.352 e. The molecule has 0 aromatic carbocycles. The second kappa shape index (κ2) is 7.46. The minimum Gasteiger partial charge on any atom is -0.477 e. The minimum absolute atomic E-state index is 0.0694. The Morgan fingerprint density at radius 1 is 1.52 bits per heavy atom. The molecule has 4 N–H and O–H groups in total. The zero-order valence-corrected chi connectivity index (χ0v) is 16.2. The second-order valence-electron chi connectivity index (χ2n) is 5.87. The summed E-state index contributed by atoms with van der Waals surface area (Å²) in [4.78, 5) is 42.0. The summed E-state index contributed by atoms with van der Waals surface area (Å²) in [5, 5.41) is 13.4. The number of amides is 2. The van der Waals surface area contributed by atoms with E-state index in [-0.39, 0.29) is 18.7 Å². The molecule has 0 aliphatic carbocycles. The smallest absolute Gasteiger partial charge is 0.352 e. The standard InChI is InChI=1S/C15H18N4O6S2/c1-24-4-7-5-26-13-15(25-2,12(23)19(13)10(7)11(21)22)18-9(20)3-8-6-27-14(16)17-8/h6,13H,3-5H2,1-2H3,(H2,16,17)(H,18,20)(H,21,22)/t13-,15-/m0/s1. The lowest BCUT2D eigenvalue weighted by atomic mass is 9.98. The number of fused-ring (bicyclic) bond motifs is 1. The summed E-state index contributed by atoms with van der Waals surface area (Å²) in [5.41, 5.74) is 4.78. The first-order valence-corrected chi connectivity index (χ1v) is 9.72. The highest BCUT2D eigenvalue weighted by Gasteiger charge is 2.66. The van der Waals surface area contributed by atoms with Crippen LogP contribution in [0.5, 0.6) is 0 Å². The number of nitrogens with two attached hydrogens (primary N) is 1. The molecule has 146 valence electrons. The lowest BCUT2D eigenvalue weighted by Crippen LogP contribution is -2.80.